The minimum atomic E-state index is -0.927. The molecule has 0 fully saturated rings. The quantitative estimate of drug-likeness (QED) is 0.685. The average Bonchev–Trinajstić information content (AvgIpc) is 2.38. The van der Waals surface area contributed by atoms with E-state index < -0.39 is 5.97 Å². The number of carboxylic acid groups (broad SMARTS) is 1. The van der Waals surface area contributed by atoms with Gasteiger partial charge >= 0.3 is 5.97 Å². The van der Waals surface area contributed by atoms with Crippen LogP contribution in [0, 0.1) is 0 Å². The van der Waals surface area contributed by atoms with Crippen LogP contribution in [-0.2, 0) is 4.79 Å². The first-order chi connectivity index (χ1) is 8.66. The summed E-state index contributed by atoms with van der Waals surface area (Å²) >= 11 is 3.35. The lowest BCUT2D eigenvalue weighted by Crippen LogP contribution is -1.99. The number of benzene rings is 2. The van der Waals surface area contributed by atoms with Crippen LogP contribution >= 0.6 is 15.9 Å². The molecule has 0 aliphatic heterocycles. The van der Waals surface area contributed by atoms with Crippen LogP contribution in [0.2, 0.25) is 0 Å². The van der Waals surface area contributed by atoms with Crippen LogP contribution in [0.3, 0.4) is 0 Å². The fraction of sp³-hybridized carbons (Fsp3) is 0. The number of hydrogen-bond donors (Lipinski definition) is 1. The molecule has 0 spiro atoms. The van der Waals surface area contributed by atoms with E-state index in [2.05, 4.69) is 15.9 Å². The molecule has 90 valence electrons. The molecule has 0 radical (unpaired) electrons. The Balaban J connectivity index is 2.43. The normalized spacial score (nSPS) is 11.3. The Bertz CT molecular complexity index is 571. The monoisotopic (exact) mass is 302 g/mol. The largest absolute Gasteiger partial charge is 0.478 e. The summed E-state index contributed by atoms with van der Waals surface area (Å²) in [7, 11) is 0. The Morgan fingerprint density at radius 1 is 1.00 bits per heavy atom. The van der Waals surface area contributed by atoms with Crippen molar-refractivity contribution in [3.05, 3.63) is 70.2 Å². The number of aliphatic carboxylic acids is 1. The molecule has 0 bridgehead atoms. The molecule has 0 amide bonds. The van der Waals surface area contributed by atoms with Crippen LogP contribution in [0.5, 0.6) is 0 Å². The second-order valence-electron chi connectivity index (χ2n) is 3.78. The SMILES string of the molecule is O=C(O)/C(=C\c1ccc(Br)cc1)c1ccccc1. The van der Waals surface area contributed by atoms with E-state index in [0.29, 0.717) is 5.56 Å². The van der Waals surface area contributed by atoms with Gasteiger partial charge in [0, 0.05) is 4.47 Å². The smallest absolute Gasteiger partial charge is 0.336 e. The fourth-order valence-electron chi connectivity index (χ4n) is 1.61. The van der Waals surface area contributed by atoms with Crippen LogP contribution < -0.4 is 0 Å². The molecule has 3 heteroatoms. The molecule has 0 atom stereocenters. The second kappa shape index (κ2) is 5.65. The molecule has 0 aliphatic carbocycles. The van der Waals surface area contributed by atoms with Gasteiger partial charge in [-0.25, -0.2) is 4.79 Å². The van der Waals surface area contributed by atoms with Crippen molar-refractivity contribution >= 4 is 33.5 Å². The van der Waals surface area contributed by atoms with Crippen molar-refractivity contribution < 1.29 is 9.90 Å². The first-order valence-corrected chi connectivity index (χ1v) is 6.22. The highest BCUT2D eigenvalue weighted by atomic mass is 79.9. The standard InChI is InChI=1S/C15H11BrO2/c16-13-8-6-11(7-9-13)10-14(15(17)18)12-4-2-1-3-5-12/h1-10H,(H,17,18)/b14-10-. The molecule has 2 rings (SSSR count). The van der Waals surface area contributed by atoms with E-state index in [0.717, 1.165) is 10.0 Å². The molecular formula is C15H11BrO2. The van der Waals surface area contributed by atoms with Crippen LogP contribution in [0.1, 0.15) is 11.1 Å². The Hall–Kier alpha value is -1.87. The van der Waals surface area contributed by atoms with Crippen molar-refractivity contribution in [1.82, 2.24) is 0 Å². The maximum Gasteiger partial charge on any atom is 0.336 e. The number of rotatable bonds is 3. The van der Waals surface area contributed by atoms with Gasteiger partial charge in [0.25, 0.3) is 0 Å². The highest BCUT2D eigenvalue weighted by molar-refractivity contribution is 9.10. The van der Waals surface area contributed by atoms with E-state index in [1.165, 1.54) is 0 Å². The lowest BCUT2D eigenvalue weighted by molar-refractivity contribution is -0.130. The summed E-state index contributed by atoms with van der Waals surface area (Å²) in [5.41, 5.74) is 1.85. The third-order valence-electron chi connectivity index (χ3n) is 2.50. The summed E-state index contributed by atoms with van der Waals surface area (Å²) < 4.78 is 0.969. The first-order valence-electron chi connectivity index (χ1n) is 5.43. The summed E-state index contributed by atoms with van der Waals surface area (Å²) in [6, 6.07) is 16.6. The second-order valence-corrected chi connectivity index (χ2v) is 4.70. The van der Waals surface area contributed by atoms with Gasteiger partial charge in [-0.2, -0.15) is 0 Å². The van der Waals surface area contributed by atoms with Crippen LogP contribution in [0.15, 0.2) is 59.1 Å². The third-order valence-corrected chi connectivity index (χ3v) is 3.02. The summed E-state index contributed by atoms with van der Waals surface area (Å²) in [5.74, 6) is -0.927. The van der Waals surface area contributed by atoms with E-state index in [4.69, 9.17) is 0 Å². The molecule has 0 saturated heterocycles. The Kier molecular flexibility index (Phi) is 3.95. The van der Waals surface area contributed by atoms with Gasteiger partial charge < -0.3 is 5.11 Å². The fourth-order valence-corrected chi connectivity index (χ4v) is 1.88. The maximum absolute atomic E-state index is 11.3. The van der Waals surface area contributed by atoms with Crippen LogP contribution in [0.25, 0.3) is 11.6 Å². The molecular weight excluding hydrogens is 292 g/mol. The van der Waals surface area contributed by atoms with Crippen molar-refractivity contribution in [3.63, 3.8) is 0 Å². The van der Waals surface area contributed by atoms with E-state index in [-0.39, 0.29) is 5.57 Å². The molecule has 0 saturated carbocycles. The number of halogens is 1. The molecule has 2 aromatic carbocycles. The summed E-state index contributed by atoms with van der Waals surface area (Å²) in [4.78, 5) is 11.3. The van der Waals surface area contributed by atoms with Gasteiger partial charge in [-0.1, -0.05) is 58.4 Å². The van der Waals surface area contributed by atoms with Gasteiger partial charge in [0.1, 0.15) is 0 Å². The van der Waals surface area contributed by atoms with Crippen molar-refractivity contribution in [2.75, 3.05) is 0 Å². The van der Waals surface area contributed by atoms with Gasteiger partial charge in [0.2, 0.25) is 0 Å². The Morgan fingerprint density at radius 2 is 1.61 bits per heavy atom. The third kappa shape index (κ3) is 3.08. The summed E-state index contributed by atoms with van der Waals surface area (Å²) in [6.45, 7) is 0. The number of hydrogen-bond acceptors (Lipinski definition) is 1. The highest BCUT2D eigenvalue weighted by Gasteiger charge is 2.09. The minimum Gasteiger partial charge on any atom is -0.478 e. The molecule has 2 nitrogen and oxygen atoms in total. The number of carboxylic acids is 1. The van der Waals surface area contributed by atoms with E-state index in [9.17, 15) is 9.90 Å². The van der Waals surface area contributed by atoms with Gasteiger partial charge in [-0.3, -0.25) is 0 Å². The zero-order chi connectivity index (χ0) is 13.0. The predicted molar refractivity (Wildman–Crippen MR) is 76.1 cm³/mol. The lowest BCUT2D eigenvalue weighted by Gasteiger charge is -2.03. The van der Waals surface area contributed by atoms with E-state index in [1.807, 2.05) is 42.5 Å². The lowest BCUT2D eigenvalue weighted by atomic mass is 10.0. The molecule has 0 aliphatic rings. The zero-order valence-electron chi connectivity index (χ0n) is 9.51. The van der Waals surface area contributed by atoms with Crippen molar-refractivity contribution in [3.8, 4) is 0 Å². The predicted octanol–water partition coefficient (Wildman–Crippen LogP) is 4.07. The first kappa shape index (κ1) is 12.6. The highest BCUT2D eigenvalue weighted by Crippen LogP contribution is 2.19. The molecule has 0 aromatic heterocycles. The van der Waals surface area contributed by atoms with Crippen LogP contribution in [-0.4, -0.2) is 11.1 Å². The molecule has 1 N–H and O–H groups in total. The van der Waals surface area contributed by atoms with Crippen molar-refractivity contribution in [2.45, 2.75) is 0 Å². The Morgan fingerprint density at radius 3 is 2.17 bits per heavy atom. The van der Waals surface area contributed by atoms with Gasteiger partial charge in [-0.05, 0) is 29.3 Å². The van der Waals surface area contributed by atoms with E-state index in [1.54, 1.807) is 18.2 Å². The minimum absolute atomic E-state index is 0.290. The van der Waals surface area contributed by atoms with Gasteiger partial charge in [0.05, 0.1) is 5.57 Å². The summed E-state index contributed by atoms with van der Waals surface area (Å²) in [5, 5.41) is 9.27. The molecule has 2 aromatic rings. The van der Waals surface area contributed by atoms with Crippen molar-refractivity contribution in [2.24, 2.45) is 0 Å². The molecule has 0 heterocycles. The average molecular weight is 303 g/mol. The molecule has 18 heavy (non-hydrogen) atoms. The topological polar surface area (TPSA) is 37.3 Å². The molecule has 0 unspecified atom stereocenters. The number of carbonyl (C=O) groups is 1. The van der Waals surface area contributed by atoms with Crippen molar-refractivity contribution in [1.29, 1.82) is 0 Å². The van der Waals surface area contributed by atoms with Gasteiger partial charge in [0.15, 0.2) is 0 Å². The van der Waals surface area contributed by atoms with Crippen LogP contribution in [0.4, 0.5) is 0 Å². The summed E-state index contributed by atoms with van der Waals surface area (Å²) in [6.07, 6.45) is 1.67. The Labute approximate surface area is 114 Å². The zero-order valence-corrected chi connectivity index (χ0v) is 11.1. The maximum atomic E-state index is 11.3. The van der Waals surface area contributed by atoms with E-state index >= 15 is 0 Å². The van der Waals surface area contributed by atoms with Gasteiger partial charge in [-0.15, -0.1) is 0 Å².